The lowest BCUT2D eigenvalue weighted by Gasteiger charge is -2.14. The van der Waals surface area contributed by atoms with Gasteiger partial charge in [-0.15, -0.1) is 0 Å². The molecule has 0 aliphatic heterocycles. The van der Waals surface area contributed by atoms with Crippen LogP contribution in [0.1, 0.15) is 58.8 Å². The van der Waals surface area contributed by atoms with Gasteiger partial charge >= 0.3 is 0 Å². The third-order valence-electron chi connectivity index (χ3n) is 2.68. The van der Waals surface area contributed by atoms with Gasteiger partial charge in [0.15, 0.2) is 0 Å². The summed E-state index contributed by atoms with van der Waals surface area (Å²) in [5, 5.41) is 11.1. The number of hydroxylamine groups is 1. The Morgan fingerprint density at radius 1 is 1.12 bits per heavy atom. The monoisotopic (exact) mass is 244 g/mol. The molecule has 0 radical (unpaired) electrons. The van der Waals surface area contributed by atoms with Gasteiger partial charge in [0.05, 0.1) is 0 Å². The van der Waals surface area contributed by atoms with E-state index in [4.69, 9.17) is 5.21 Å². The summed E-state index contributed by atoms with van der Waals surface area (Å²) < 4.78 is 0. The molecule has 0 fully saturated rings. The van der Waals surface area contributed by atoms with Crippen molar-refractivity contribution in [3.05, 3.63) is 0 Å². The fraction of sp³-hybridized carbons (Fsp3) is 0.833. The zero-order valence-corrected chi connectivity index (χ0v) is 10.8. The molecule has 0 spiro atoms. The quantitative estimate of drug-likeness (QED) is 0.328. The number of unbranched alkanes of at least 4 members (excludes halogenated alkanes) is 4. The molecule has 1 unspecified atom stereocenters. The molecular formula is C12H24N2O3. The largest absolute Gasteiger partial charge is 0.344 e. The molecule has 5 nitrogen and oxygen atoms in total. The Bertz CT molecular complexity index is 232. The van der Waals surface area contributed by atoms with Gasteiger partial charge in [0, 0.05) is 6.42 Å². The van der Waals surface area contributed by atoms with Crippen molar-refractivity contribution in [2.45, 2.75) is 64.8 Å². The summed E-state index contributed by atoms with van der Waals surface area (Å²) in [6, 6.07) is -0.636. The van der Waals surface area contributed by atoms with Gasteiger partial charge in [-0.25, -0.2) is 5.48 Å². The predicted molar refractivity (Wildman–Crippen MR) is 65.5 cm³/mol. The molecule has 0 heterocycles. The lowest BCUT2D eigenvalue weighted by atomic mass is 10.1. The van der Waals surface area contributed by atoms with Crippen LogP contribution in [0.25, 0.3) is 0 Å². The Labute approximate surface area is 103 Å². The van der Waals surface area contributed by atoms with Crippen molar-refractivity contribution in [3.8, 4) is 0 Å². The van der Waals surface area contributed by atoms with Gasteiger partial charge in [-0.05, 0) is 12.8 Å². The van der Waals surface area contributed by atoms with Crippen molar-refractivity contribution in [2.24, 2.45) is 0 Å². The molecule has 5 heteroatoms. The van der Waals surface area contributed by atoms with E-state index in [0.29, 0.717) is 12.8 Å². The lowest BCUT2D eigenvalue weighted by molar-refractivity contribution is -0.134. The second kappa shape index (κ2) is 10.1. The first-order valence-electron chi connectivity index (χ1n) is 6.39. The number of carbonyl (C=O) groups excluding carboxylic acids is 2. The summed E-state index contributed by atoms with van der Waals surface area (Å²) in [7, 11) is 0. The van der Waals surface area contributed by atoms with E-state index in [0.717, 1.165) is 19.3 Å². The van der Waals surface area contributed by atoms with Gasteiger partial charge in [0.25, 0.3) is 5.91 Å². The van der Waals surface area contributed by atoms with Gasteiger partial charge < -0.3 is 5.32 Å². The van der Waals surface area contributed by atoms with E-state index in [1.807, 2.05) is 0 Å². The van der Waals surface area contributed by atoms with Gasteiger partial charge in [-0.3, -0.25) is 14.8 Å². The SMILES string of the molecule is CCCCCCCC(=O)NC(CC)C(=O)NO. The lowest BCUT2D eigenvalue weighted by Crippen LogP contribution is -2.45. The maximum atomic E-state index is 11.5. The van der Waals surface area contributed by atoms with Crippen LogP contribution in [0.5, 0.6) is 0 Å². The Hall–Kier alpha value is -1.10. The summed E-state index contributed by atoms with van der Waals surface area (Å²) in [5.74, 6) is -0.691. The molecule has 100 valence electrons. The number of hydrogen-bond donors (Lipinski definition) is 3. The normalized spacial score (nSPS) is 11.9. The van der Waals surface area contributed by atoms with Crippen LogP contribution < -0.4 is 10.8 Å². The first-order valence-corrected chi connectivity index (χ1v) is 6.39. The van der Waals surface area contributed by atoms with Gasteiger partial charge in [0.2, 0.25) is 5.91 Å². The number of amides is 2. The van der Waals surface area contributed by atoms with Crippen molar-refractivity contribution in [1.82, 2.24) is 10.8 Å². The third kappa shape index (κ3) is 7.74. The summed E-state index contributed by atoms with van der Waals surface area (Å²) in [4.78, 5) is 22.6. The van der Waals surface area contributed by atoms with Crippen LogP contribution in [-0.4, -0.2) is 23.1 Å². The van der Waals surface area contributed by atoms with E-state index >= 15 is 0 Å². The van der Waals surface area contributed by atoms with Crippen LogP contribution in [0.15, 0.2) is 0 Å². The highest BCUT2D eigenvalue weighted by Crippen LogP contribution is 2.05. The molecule has 1 atom stereocenters. The molecule has 0 aromatic rings. The minimum absolute atomic E-state index is 0.128. The Morgan fingerprint density at radius 2 is 1.76 bits per heavy atom. The second-order valence-electron chi connectivity index (χ2n) is 4.17. The minimum atomic E-state index is -0.636. The molecule has 0 saturated heterocycles. The van der Waals surface area contributed by atoms with Crippen LogP contribution in [0.3, 0.4) is 0 Å². The average molecular weight is 244 g/mol. The molecule has 3 N–H and O–H groups in total. The van der Waals surface area contributed by atoms with Gasteiger partial charge in [-0.2, -0.15) is 0 Å². The van der Waals surface area contributed by atoms with E-state index in [2.05, 4.69) is 12.2 Å². The van der Waals surface area contributed by atoms with Crippen molar-refractivity contribution in [3.63, 3.8) is 0 Å². The third-order valence-corrected chi connectivity index (χ3v) is 2.68. The molecule has 0 rings (SSSR count). The first kappa shape index (κ1) is 15.9. The van der Waals surface area contributed by atoms with E-state index in [1.54, 1.807) is 12.4 Å². The molecule has 0 aromatic carbocycles. The molecule has 2 amide bonds. The highest BCUT2D eigenvalue weighted by Gasteiger charge is 2.17. The van der Waals surface area contributed by atoms with Crippen LogP contribution in [0.4, 0.5) is 0 Å². The summed E-state index contributed by atoms with van der Waals surface area (Å²) >= 11 is 0. The molecule has 0 aromatic heterocycles. The highest BCUT2D eigenvalue weighted by molar-refractivity contribution is 5.86. The zero-order chi connectivity index (χ0) is 13.1. The molecule has 0 bridgehead atoms. The first-order chi connectivity index (χ1) is 8.15. The molecule has 0 aliphatic rings. The predicted octanol–water partition coefficient (Wildman–Crippen LogP) is 1.75. The van der Waals surface area contributed by atoms with Crippen LogP contribution in [-0.2, 0) is 9.59 Å². The molecule has 0 saturated carbocycles. The fourth-order valence-corrected chi connectivity index (χ4v) is 1.59. The number of carbonyl (C=O) groups is 2. The molecule has 17 heavy (non-hydrogen) atoms. The molecular weight excluding hydrogens is 220 g/mol. The van der Waals surface area contributed by atoms with E-state index in [-0.39, 0.29) is 5.91 Å². The summed E-state index contributed by atoms with van der Waals surface area (Å²) in [5.41, 5.74) is 1.55. The van der Waals surface area contributed by atoms with Crippen molar-refractivity contribution in [2.75, 3.05) is 0 Å². The van der Waals surface area contributed by atoms with Gasteiger partial charge in [0.1, 0.15) is 6.04 Å². The van der Waals surface area contributed by atoms with Crippen LogP contribution in [0.2, 0.25) is 0 Å². The number of nitrogens with one attached hydrogen (secondary N) is 2. The van der Waals surface area contributed by atoms with Crippen molar-refractivity contribution in [1.29, 1.82) is 0 Å². The maximum Gasteiger partial charge on any atom is 0.265 e. The summed E-state index contributed by atoms with van der Waals surface area (Å²) in [6.45, 7) is 3.92. The Kier molecular flexibility index (Phi) is 9.43. The standard InChI is InChI=1S/C12H24N2O3/c1-3-5-6-7-8-9-11(15)13-10(4-2)12(16)14-17/h10,17H,3-9H2,1-2H3,(H,13,15)(H,14,16). The fourth-order valence-electron chi connectivity index (χ4n) is 1.59. The number of rotatable bonds is 9. The average Bonchev–Trinajstić information content (AvgIpc) is 2.34. The smallest absolute Gasteiger partial charge is 0.265 e. The summed E-state index contributed by atoms with van der Waals surface area (Å²) in [6.07, 6.45) is 6.34. The second-order valence-corrected chi connectivity index (χ2v) is 4.17. The Balaban J connectivity index is 3.72. The number of hydrogen-bond acceptors (Lipinski definition) is 3. The molecule has 0 aliphatic carbocycles. The minimum Gasteiger partial charge on any atom is -0.344 e. The highest BCUT2D eigenvalue weighted by atomic mass is 16.5. The van der Waals surface area contributed by atoms with Crippen LogP contribution in [0, 0.1) is 0 Å². The van der Waals surface area contributed by atoms with E-state index < -0.39 is 11.9 Å². The van der Waals surface area contributed by atoms with E-state index in [9.17, 15) is 9.59 Å². The van der Waals surface area contributed by atoms with Gasteiger partial charge in [-0.1, -0.05) is 39.5 Å². The maximum absolute atomic E-state index is 11.5. The topological polar surface area (TPSA) is 78.4 Å². The van der Waals surface area contributed by atoms with Crippen molar-refractivity contribution >= 4 is 11.8 Å². The zero-order valence-electron chi connectivity index (χ0n) is 10.8. The van der Waals surface area contributed by atoms with E-state index in [1.165, 1.54) is 12.8 Å². The van der Waals surface area contributed by atoms with Crippen molar-refractivity contribution < 1.29 is 14.8 Å². The van der Waals surface area contributed by atoms with Crippen LogP contribution >= 0.6 is 0 Å². The Morgan fingerprint density at radius 3 is 2.29 bits per heavy atom.